The van der Waals surface area contributed by atoms with E-state index in [2.05, 4.69) is 20.9 Å². The van der Waals surface area contributed by atoms with Gasteiger partial charge in [-0.3, -0.25) is 14.6 Å². The third kappa shape index (κ3) is 6.27. The van der Waals surface area contributed by atoms with E-state index in [1.165, 1.54) is 6.92 Å². The molecule has 1 heterocycles. The summed E-state index contributed by atoms with van der Waals surface area (Å²) in [6.07, 6.45) is 3.88. The molecule has 3 N–H and O–H groups in total. The number of amides is 2. The van der Waals surface area contributed by atoms with E-state index in [-0.39, 0.29) is 11.8 Å². The van der Waals surface area contributed by atoms with Gasteiger partial charge in [-0.25, -0.2) is 0 Å². The van der Waals surface area contributed by atoms with Crippen LogP contribution in [-0.4, -0.2) is 23.3 Å². The van der Waals surface area contributed by atoms with Crippen LogP contribution in [0.3, 0.4) is 0 Å². The van der Waals surface area contributed by atoms with Gasteiger partial charge >= 0.3 is 0 Å². The van der Waals surface area contributed by atoms with Crippen molar-refractivity contribution >= 4 is 23.2 Å². The minimum Gasteiger partial charge on any atom is -0.326 e. The van der Waals surface area contributed by atoms with Gasteiger partial charge in [-0.1, -0.05) is 0 Å². The Morgan fingerprint density at radius 2 is 1.57 bits per heavy atom. The minimum absolute atomic E-state index is 0.0560. The first-order valence-electron chi connectivity index (χ1n) is 7.40. The zero-order valence-electron chi connectivity index (χ0n) is 13.0. The average molecular weight is 312 g/mol. The highest BCUT2D eigenvalue weighted by Gasteiger charge is 2.03. The molecule has 0 aliphatic rings. The van der Waals surface area contributed by atoms with Crippen molar-refractivity contribution in [1.29, 1.82) is 0 Å². The summed E-state index contributed by atoms with van der Waals surface area (Å²) in [5.74, 6) is -0.179. The first-order valence-corrected chi connectivity index (χ1v) is 7.40. The molecule has 0 fully saturated rings. The molecule has 0 spiro atoms. The molecule has 0 atom stereocenters. The van der Waals surface area contributed by atoms with Crippen LogP contribution in [0.2, 0.25) is 0 Å². The number of carbonyl (C=O) groups excluding carboxylic acids is 2. The lowest BCUT2D eigenvalue weighted by molar-refractivity contribution is -0.116. The van der Waals surface area contributed by atoms with Gasteiger partial charge in [0.2, 0.25) is 11.8 Å². The Morgan fingerprint density at radius 3 is 2.17 bits per heavy atom. The van der Waals surface area contributed by atoms with Gasteiger partial charge in [0.15, 0.2) is 0 Å². The van der Waals surface area contributed by atoms with Crippen molar-refractivity contribution in [3.63, 3.8) is 0 Å². The van der Waals surface area contributed by atoms with Crippen molar-refractivity contribution in [2.24, 2.45) is 0 Å². The van der Waals surface area contributed by atoms with Crippen LogP contribution in [0.4, 0.5) is 11.4 Å². The van der Waals surface area contributed by atoms with Crippen LogP contribution >= 0.6 is 0 Å². The maximum atomic E-state index is 11.9. The van der Waals surface area contributed by atoms with Gasteiger partial charge < -0.3 is 16.0 Å². The van der Waals surface area contributed by atoms with E-state index >= 15 is 0 Å². The van der Waals surface area contributed by atoms with Gasteiger partial charge in [-0.2, -0.15) is 0 Å². The van der Waals surface area contributed by atoms with Gasteiger partial charge in [-0.05, 0) is 42.0 Å². The molecule has 0 aliphatic heterocycles. The summed E-state index contributed by atoms with van der Waals surface area (Å²) in [5.41, 5.74) is 2.54. The number of carbonyl (C=O) groups is 2. The number of aromatic nitrogens is 1. The van der Waals surface area contributed by atoms with Crippen LogP contribution < -0.4 is 16.0 Å². The molecule has 23 heavy (non-hydrogen) atoms. The summed E-state index contributed by atoms with van der Waals surface area (Å²) < 4.78 is 0. The Kier molecular flexibility index (Phi) is 6.26. The maximum Gasteiger partial charge on any atom is 0.225 e. The van der Waals surface area contributed by atoms with Gasteiger partial charge in [0.25, 0.3) is 0 Å². The van der Waals surface area contributed by atoms with E-state index in [9.17, 15) is 9.59 Å². The lowest BCUT2D eigenvalue weighted by Crippen LogP contribution is -2.21. The highest BCUT2D eigenvalue weighted by Crippen LogP contribution is 2.13. The molecule has 120 valence electrons. The number of anilines is 2. The van der Waals surface area contributed by atoms with E-state index in [0.717, 1.165) is 5.56 Å². The predicted molar refractivity (Wildman–Crippen MR) is 89.9 cm³/mol. The number of hydrogen-bond acceptors (Lipinski definition) is 4. The number of nitrogens with zero attached hydrogens (tertiary/aromatic N) is 1. The van der Waals surface area contributed by atoms with E-state index in [0.29, 0.717) is 30.9 Å². The largest absolute Gasteiger partial charge is 0.326 e. The van der Waals surface area contributed by atoms with Gasteiger partial charge in [0.05, 0.1) is 0 Å². The topological polar surface area (TPSA) is 83.1 Å². The van der Waals surface area contributed by atoms with Crippen molar-refractivity contribution in [3.05, 3.63) is 54.4 Å². The second-order valence-corrected chi connectivity index (χ2v) is 5.09. The SMILES string of the molecule is CC(=O)Nc1ccc(NC(=O)CCNCc2ccncc2)cc1. The van der Waals surface area contributed by atoms with E-state index < -0.39 is 0 Å². The molecule has 2 aromatic rings. The van der Waals surface area contributed by atoms with Crippen molar-refractivity contribution in [3.8, 4) is 0 Å². The van der Waals surface area contributed by atoms with Crippen LogP contribution in [0.1, 0.15) is 18.9 Å². The quantitative estimate of drug-likeness (QED) is 0.684. The molecule has 1 aromatic heterocycles. The molecule has 2 amide bonds. The van der Waals surface area contributed by atoms with E-state index in [4.69, 9.17) is 0 Å². The van der Waals surface area contributed by atoms with Crippen LogP contribution in [0, 0.1) is 0 Å². The second-order valence-electron chi connectivity index (χ2n) is 5.09. The van der Waals surface area contributed by atoms with Crippen LogP contribution in [0.15, 0.2) is 48.8 Å². The lowest BCUT2D eigenvalue weighted by Gasteiger charge is -2.08. The number of benzene rings is 1. The number of rotatable bonds is 7. The monoisotopic (exact) mass is 312 g/mol. The molecule has 0 bridgehead atoms. The van der Waals surface area contributed by atoms with Crippen LogP contribution in [-0.2, 0) is 16.1 Å². The highest BCUT2D eigenvalue weighted by molar-refractivity contribution is 5.92. The standard InChI is InChI=1S/C17H20N4O2/c1-13(22)20-15-2-4-16(5-3-15)21-17(23)8-11-19-12-14-6-9-18-10-7-14/h2-7,9-10,19H,8,11-12H2,1H3,(H,20,22)(H,21,23). The molecule has 0 aliphatic carbocycles. The highest BCUT2D eigenvalue weighted by atomic mass is 16.2. The normalized spacial score (nSPS) is 10.1. The molecule has 1 aromatic carbocycles. The van der Waals surface area contributed by atoms with Gasteiger partial charge in [-0.15, -0.1) is 0 Å². The van der Waals surface area contributed by atoms with Crippen LogP contribution in [0.5, 0.6) is 0 Å². The molecule has 0 radical (unpaired) electrons. The fourth-order valence-electron chi connectivity index (χ4n) is 2.00. The summed E-state index contributed by atoms with van der Waals surface area (Å²) in [5, 5.41) is 8.71. The summed E-state index contributed by atoms with van der Waals surface area (Å²) in [6, 6.07) is 10.9. The summed E-state index contributed by atoms with van der Waals surface area (Å²) in [4.78, 5) is 26.7. The Morgan fingerprint density at radius 1 is 0.957 bits per heavy atom. The molecular formula is C17H20N4O2. The van der Waals surface area contributed by atoms with Crippen molar-refractivity contribution < 1.29 is 9.59 Å². The summed E-state index contributed by atoms with van der Waals surface area (Å²) in [7, 11) is 0. The average Bonchev–Trinajstić information content (AvgIpc) is 2.54. The van der Waals surface area contributed by atoms with Gasteiger partial charge in [0, 0.05) is 50.2 Å². The summed E-state index contributed by atoms with van der Waals surface area (Å²) in [6.45, 7) is 2.76. The molecular weight excluding hydrogens is 292 g/mol. The van der Waals surface area contributed by atoms with Crippen LogP contribution in [0.25, 0.3) is 0 Å². The van der Waals surface area contributed by atoms with Crippen molar-refractivity contribution in [1.82, 2.24) is 10.3 Å². The fourth-order valence-corrected chi connectivity index (χ4v) is 2.00. The van der Waals surface area contributed by atoms with Gasteiger partial charge in [0.1, 0.15) is 0 Å². The Labute approximate surface area is 135 Å². The van der Waals surface area contributed by atoms with E-state index in [1.807, 2.05) is 12.1 Å². The Hall–Kier alpha value is -2.73. The Bertz CT molecular complexity index is 641. The number of pyridine rings is 1. The molecule has 0 unspecified atom stereocenters. The smallest absolute Gasteiger partial charge is 0.225 e. The first-order chi connectivity index (χ1) is 11.1. The molecule has 0 saturated heterocycles. The fraction of sp³-hybridized carbons (Fsp3) is 0.235. The molecule has 6 heteroatoms. The second kappa shape index (κ2) is 8.65. The molecule has 2 rings (SSSR count). The molecule has 6 nitrogen and oxygen atoms in total. The summed E-state index contributed by atoms with van der Waals surface area (Å²) >= 11 is 0. The first kappa shape index (κ1) is 16.6. The third-order valence-corrected chi connectivity index (χ3v) is 3.10. The predicted octanol–water partition coefficient (Wildman–Crippen LogP) is 2.16. The number of hydrogen-bond donors (Lipinski definition) is 3. The zero-order chi connectivity index (χ0) is 16.5. The van der Waals surface area contributed by atoms with E-state index in [1.54, 1.807) is 36.7 Å². The lowest BCUT2D eigenvalue weighted by atomic mass is 10.2. The Balaban J connectivity index is 1.69. The zero-order valence-corrected chi connectivity index (χ0v) is 13.0. The maximum absolute atomic E-state index is 11.9. The minimum atomic E-state index is -0.123. The third-order valence-electron chi connectivity index (χ3n) is 3.10. The molecule has 0 saturated carbocycles. The van der Waals surface area contributed by atoms with Crippen molar-refractivity contribution in [2.45, 2.75) is 19.9 Å². The number of nitrogens with one attached hydrogen (secondary N) is 3. The van der Waals surface area contributed by atoms with Crippen molar-refractivity contribution in [2.75, 3.05) is 17.2 Å².